The minimum Gasteiger partial charge on any atom is -0.280 e. The lowest BCUT2D eigenvalue weighted by molar-refractivity contribution is 0.582. The van der Waals surface area contributed by atoms with Crippen LogP contribution >= 0.6 is 0 Å². The number of hydrogen-bond acceptors (Lipinski definition) is 6. The Labute approximate surface area is 172 Å². The van der Waals surface area contributed by atoms with Crippen LogP contribution in [0.2, 0.25) is 0 Å². The van der Waals surface area contributed by atoms with Crippen LogP contribution in [0.3, 0.4) is 0 Å². The van der Waals surface area contributed by atoms with Crippen molar-refractivity contribution >= 4 is 35.4 Å². The number of sulfone groups is 2. The van der Waals surface area contributed by atoms with E-state index in [0.717, 1.165) is 11.6 Å². The first-order valence-corrected chi connectivity index (χ1v) is 13.9. The maximum Gasteiger partial charge on any atom is 0.261 e. The minimum absolute atomic E-state index is 0.0160. The van der Waals surface area contributed by atoms with Crippen molar-refractivity contribution in [2.75, 3.05) is 16.2 Å². The Morgan fingerprint density at radius 2 is 1.59 bits per heavy atom. The molecular formula is C19H23NO6S3. The monoisotopic (exact) mass is 457 g/mol. The Morgan fingerprint density at radius 3 is 2.14 bits per heavy atom. The second kappa shape index (κ2) is 7.73. The van der Waals surface area contributed by atoms with Crippen molar-refractivity contribution in [1.29, 1.82) is 0 Å². The van der Waals surface area contributed by atoms with Gasteiger partial charge in [0.15, 0.2) is 19.7 Å². The van der Waals surface area contributed by atoms with Gasteiger partial charge in [-0.15, -0.1) is 0 Å². The molecule has 0 saturated carbocycles. The van der Waals surface area contributed by atoms with E-state index < -0.39 is 40.7 Å². The molecule has 1 atom stereocenters. The maximum absolute atomic E-state index is 12.8. The van der Waals surface area contributed by atoms with E-state index in [1.807, 2.05) is 26.0 Å². The lowest BCUT2D eigenvalue weighted by Gasteiger charge is -2.13. The van der Waals surface area contributed by atoms with E-state index in [4.69, 9.17) is 0 Å². The van der Waals surface area contributed by atoms with E-state index >= 15 is 0 Å². The van der Waals surface area contributed by atoms with E-state index in [0.29, 0.717) is 11.6 Å². The Balaban J connectivity index is 1.88. The first-order valence-electron chi connectivity index (χ1n) is 9.08. The maximum atomic E-state index is 12.8. The number of rotatable bonds is 6. The number of hydrogen-bond donors (Lipinski definition) is 1. The van der Waals surface area contributed by atoms with Gasteiger partial charge in [-0.2, -0.15) is 0 Å². The van der Waals surface area contributed by atoms with E-state index in [1.54, 1.807) is 12.1 Å². The van der Waals surface area contributed by atoms with E-state index in [9.17, 15) is 25.3 Å². The van der Waals surface area contributed by atoms with Gasteiger partial charge < -0.3 is 0 Å². The van der Waals surface area contributed by atoms with Crippen molar-refractivity contribution in [3.63, 3.8) is 0 Å². The summed E-state index contributed by atoms with van der Waals surface area (Å²) in [5.74, 6) is -0.308. The first kappa shape index (κ1) is 21.8. The van der Waals surface area contributed by atoms with Crippen LogP contribution in [0.4, 0.5) is 5.69 Å². The quantitative estimate of drug-likeness (QED) is 0.713. The largest absolute Gasteiger partial charge is 0.280 e. The van der Waals surface area contributed by atoms with Crippen molar-refractivity contribution in [3.8, 4) is 0 Å². The molecule has 1 N–H and O–H groups in total. The van der Waals surface area contributed by atoms with E-state index in [-0.39, 0.29) is 22.0 Å². The molecule has 0 aliphatic carbocycles. The lowest BCUT2D eigenvalue weighted by atomic mass is 10.0. The van der Waals surface area contributed by atoms with Gasteiger partial charge in [-0.05, 0) is 48.2 Å². The van der Waals surface area contributed by atoms with Gasteiger partial charge in [0.05, 0.1) is 26.5 Å². The van der Waals surface area contributed by atoms with E-state index in [1.165, 1.54) is 18.2 Å². The Hall–Kier alpha value is -1.91. The van der Waals surface area contributed by atoms with Gasteiger partial charge >= 0.3 is 0 Å². The fraction of sp³-hybridized carbons (Fsp3) is 0.368. The van der Waals surface area contributed by atoms with Crippen molar-refractivity contribution in [2.45, 2.75) is 41.2 Å². The van der Waals surface area contributed by atoms with Gasteiger partial charge in [-0.25, -0.2) is 25.3 Å². The summed E-state index contributed by atoms with van der Waals surface area (Å²) >= 11 is 0. The molecule has 29 heavy (non-hydrogen) atoms. The van der Waals surface area contributed by atoms with Gasteiger partial charge in [0.25, 0.3) is 10.0 Å². The van der Waals surface area contributed by atoms with Crippen LogP contribution in [-0.4, -0.2) is 42.0 Å². The third-order valence-corrected chi connectivity index (χ3v) is 10.5. The van der Waals surface area contributed by atoms with Gasteiger partial charge in [-0.1, -0.05) is 32.0 Å². The number of nitrogens with one attached hydrogen (secondary N) is 1. The summed E-state index contributed by atoms with van der Waals surface area (Å²) in [7, 11) is -11.3. The summed E-state index contributed by atoms with van der Waals surface area (Å²) in [5.41, 5.74) is 1.43. The highest BCUT2D eigenvalue weighted by atomic mass is 32.2. The Bertz CT molecular complexity index is 1210. The van der Waals surface area contributed by atoms with Crippen molar-refractivity contribution in [2.24, 2.45) is 0 Å². The van der Waals surface area contributed by atoms with Crippen LogP contribution < -0.4 is 4.72 Å². The molecule has 1 heterocycles. The number of anilines is 1. The molecule has 0 amide bonds. The second-order valence-electron chi connectivity index (χ2n) is 7.43. The second-order valence-corrected chi connectivity index (χ2v) is 13.6. The SMILES string of the molecule is CC(C)c1ccc(NS(=O)(=O)c2cccc(S(=O)(=O)[C@H]3CCS(=O)(=O)C3)c2)cc1. The predicted octanol–water partition coefficient (Wildman–Crippen LogP) is 2.57. The van der Waals surface area contributed by atoms with Crippen LogP contribution in [0.5, 0.6) is 0 Å². The molecule has 1 saturated heterocycles. The summed E-state index contributed by atoms with van der Waals surface area (Å²) in [5, 5.41) is -1.05. The molecule has 2 aromatic carbocycles. The first-order chi connectivity index (χ1) is 13.4. The Morgan fingerprint density at radius 1 is 0.966 bits per heavy atom. The lowest BCUT2D eigenvalue weighted by Crippen LogP contribution is -2.23. The molecular weight excluding hydrogens is 434 g/mol. The molecule has 0 unspecified atom stereocenters. The van der Waals surface area contributed by atoms with Crippen LogP contribution in [-0.2, 0) is 29.7 Å². The van der Waals surface area contributed by atoms with Gasteiger partial charge in [0, 0.05) is 5.69 Å². The molecule has 0 bridgehead atoms. The average Bonchev–Trinajstić information content (AvgIpc) is 3.02. The number of benzene rings is 2. The zero-order valence-corrected chi connectivity index (χ0v) is 18.5. The van der Waals surface area contributed by atoms with Gasteiger partial charge in [0.2, 0.25) is 0 Å². The summed E-state index contributed by atoms with van der Waals surface area (Å²) in [4.78, 5) is -0.398. The van der Waals surface area contributed by atoms with E-state index in [2.05, 4.69) is 4.72 Å². The number of sulfonamides is 1. The fourth-order valence-electron chi connectivity index (χ4n) is 3.17. The highest BCUT2D eigenvalue weighted by molar-refractivity contribution is 7.96. The third kappa shape index (κ3) is 4.81. The molecule has 7 nitrogen and oxygen atoms in total. The molecule has 1 aliphatic heterocycles. The van der Waals surface area contributed by atoms with Gasteiger partial charge in [0.1, 0.15) is 0 Å². The molecule has 10 heteroatoms. The zero-order chi connectivity index (χ0) is 21.4. The summed E-state index contributed by atoms with van der Waals surface area (Å²) in [6.07, 6.45) is 0.0160. The molecule has 158 valence electrons. The van der Waals surface area contributed by atoms with Crippen LogP contribution in [0.1, 0.15) is 31.7 Å². The van der Waals surface area contributed by atoms with Crippen LogP contribution in [0, 0.1) is 0 Å². The van der Waals surface area contributed by atoms with Crippen molar-refractivity contribution in [3.05, 3.63) is 54.1 Å². The average molecular weight is 458 g/mol. The highest BCUT2D eigenvalue weighted by Crippen LogP contribution is 2.27. The molecule has 1 aliphatic rings. The molecule has 0 spiro atoms. The molecule has 3 rings (SSSR count). The third-order valence-electron chi connectivity index (χ3n) is 4.90. The van der Waals surface area contributed by atoms with Crippen LogP contribution in [0.15, 0.2) is 58.3 Å². The molecule has 2 aromatic rings. The summed E-state index contributed by atoms with van der Waals surface area (Å²) in [6.45, 7) is 4.06. The minimum atomic E-state index is -4.01. The van der Waals surface area contributed by atoms with Crippen molar-refractivity contribution < 1.29 is 25.3 Å². The fourth-order valence-corrected chi connectivity index (χ4v) is 8.75. The predicted molar refractivity (Wildman–Crippen MR) is 112 cm³/mol. The molecule has 0 radical (unpaired) electrons. The van der Waals surface area contributed by atoms with Crippen molar-refractivity contribution in [1.82, 2.24) is 0 Å². The smallest absolute Gasteiger partial charge is 0.261 e. The summed E-state index contributed by atoms with van der Waals surface area (Å²) < 4.78 is 76.7. The normalized spacial score (nSPS) is 19.3. The summed E-state index contributed by atoms with van der Waals surface area (Å²) in [6, 6.07) is 11.9. The molecule has 0 aromatic heterocycles. The van der Waals surface area contributed by atoms with Gasteiger partial charge in [-0.3, -0.25) is 4.72 Å². The topological polar surface area (TPSA) is 114 Å². The van der Waals surface area contributed by atoms with Crippen LogP contribution in [0.25, 0.3) is 0 Å². The standard InChI is InChI=1S/C19H23NO6S3/c1-14(2)15-6-8-16(9-7-15)20-29(25,26)18-5-3-4-17(12-18)28(23,24)19-10-11-27(21,22)13-19/h3-9,12,14,19-20H,10-11,13H2,1-2H3/t19-/m0/s1. The zero-order valence-electron chi connectivity index (χ0n) is 16.1. The Kier molecular flexibility index (Phi) is 5.81. The molecule has 1 fully saturated rings. The highest BCUT2D eigenvalue weighted by Gasteiger charge is 2.38.